The molecule has 0 bridgehead atoms. The van der Waals surface area contributed by atoms with Crippen LogP contribution in [0.2, 0.25) is 6.32 Å². The van der Waals surface area contributed by atoms with E-state index in [-0.39, 0.29) is 0 Å². The molecule has 0 rings (SSSR count). The van der Waals surface area contributed by atoms with Crippen LogP contribution in [0.3, 0.4) is 0 Å². The summed E-state index contributed by atoms with van der Waals surface area (Å²) in [5, 5.41) is 0. The quantitative estimate of drug-likeness (QED) is 0.378. The third-order valence-corrected chi connectivity index (χ3v) is 1.71. The molecule has 0 aromatic rings. The van der Waals surface area contributed by atoms with E-state index in [9.17, 15) is 0 Å². The SMILES string of the molecule is BCCCCCCCC. The Morgan fingerprint density at radius 1 is 0.889 bits per heavy atom. The van der Waals surface area contributed by atoms with E-state index in [2.05, 4.69) is 14.8 Å². The number of hydrogen-bond acceptors (Lipinski definition) is 0. The van der Waals surface area contributed by atoms with Crippen molar-refractivity contribution in [3.63, 3.8) is 0 Å². The zero-order valence-corrected chi connectivity index (χ0v) is 6.95. The molecule has 9 heavy (non-hydrogen) atoms. The molecule has 0 nitrogen and oxygen atoms in total. The molecule has 0 aromatic carbocycles. The molecule has 54 valence electrons. The number of unbranched alkanes of at least 4 members (excludes halogenated alkanes) is 5. The van der Waals surface area contributed by atoms with Gasteiger partial charge in [-0.25, -0.2) is 0 Å². The summed E-state index contributed by atoms with van der Waals surface area (Å²) >= 11 is 0. The van der Waals surface area contributed by atoms with Crippen LogP contribution in [0.5, 0.6) is 0 Å². The summed E-state index contributed by atoms with van der Waals surface area (Å²) in [5.74, 6) is 0. The van der Waals surface area contributed by atoms with E-state index in [1.807, 2.05) is 0 Å². The fraction of sp³-hybridized carbons (Fsp3) is 1.00. The van der Waals surface area contributed by atoms with E-state index in [4.69, 9.17) is 0 Å². The minimum Gasteiger partial charge on any atom is -0.0811 e. The highest BCUT2D eigenvalue weighted by molar-refractivity contribution is 6.08. The van der Waals surface area contributed by atoms with Gasteiger partial charge >= 0.3 is 0 Å². The van der Waals surface area contributed by atoms with Gasteiger partial charge < -0.3 is 0 Å². The average molecular weight is 126 g/mol. The highest BCUT2D eigenvalue weighted by atomic mass is 13.9. The van der Waals surface area contributed by atoms with Crippen LogP contribution >= 0.6 is 0 Å². The van der Waals surface area contributed by atoms with Gasteiger partial charge in [-0.2, -0.15) is 0 Å². The Morgan fingerprint density at radius 3 is 2.00 bits per heavy atom. The second kappa shape index (κ2) is 8.06. The molecule has 0 saturated carbocycles. The lowest BCUT2D eigenvalue weighted by Crippen LogP contribution is -1.77. The summed E-state index contributed by atoms with van der Waals surface area (Å²) in [6, 6.07) is 0. The van der Waals surface area contributed by atoms with Crippen molar-refractivity contribution in [1.29, 1.82) is 0 Å². The molecule has 0 fully saturated rings. The van der Waals surface area contributed by atoms with Crippen LogP contribution in [0, 0.1) is 0 Å². The number of hydrogen-bond donors (Lipinski definition) is 0. The molecule has 0 aromatic heterocycles. The first kappa shape index (κ1) is 9.06. The summed E-state index contributed by atoms with van der Waals surface area (Å²) in [4.78, 5) is 0. The first-order chi connectivity index (χ1) is 4.41. The first-order valence-electron chi connectivity index (χ1n) is 4.41. The van der Waals surface area contributed by atoms with E-state index < -0.39 is 0 Å². The van der Waals surface area contributed by atoms with Crippen molar-refractivity contribution in [3.05, 3.63) is 0 Å². The van der Waals surface area contributed by atoms with Gasteiger partial charge in [0.15, 0.2) is 0 Å². The average Bonchev–Trinajstić information content (AvgIpc) is 1.89. The van der Waals surface area contributed by atoms with Crippen LogP contribution in [0.25, 0.3) is 0 Å². The molecule has 0 amide bonds. The van der Waals surface area contributed by atoms with Gasteiger partial charge in [-0.15, -0.1) is 0 Å². The molecule has 0 aliphatic rings. The molecule has 0 unspecified atom stereocenters. The summed E-state index contributed by atoms with van der Waals surface area (Å²) < 4.78 is 0. The Kier molecular flexibility index (Phi) is 8.12. The second-order valence-corrected chi connectivity index (χ2v) is 2.77. The monoisotopic (exact) mass is 126 g/mol. The van der Waals surface area contributed by atoms with Gasteiger partial charge in [0.2, 0.25) is 0 Å². The third kappa shape index (κ3) is 8.06. The Hall–Kier alpha value is 0.0649. The van der Waals surface area contributed by atoms with Gasteiger partial charge in [0.05, 0.1) is 0 Å². The Balaban J connectivity index is 2.60. The maximum absolute atomic E-state index is 2.26. The first-order valence-corrected chi connectivity index (χ1v) is 4.41. The van der Waals surface area contributed by atoms with Crippen molar-refractivity contribution >= 4 is 7.85 Å². The van der Waals surface area contributed by atoms with E-state index in [1.54, 1.807) is 0 Å². The summed E-state index contributed by atoms with van der Waals surface area (Å²) in [7, 11) is 2.26. The van der Waals surface area contributed by atoms with Crippen molar-refractivity contribution in [3.8, 4) is 0 Å². The van der Waals surface area contributed by atoms with Gasteiger partial charge in [0.25, 0.3) is 0 Å². The predicted molar refractivity (Wildman–Crippen MR) is 46.7 cm³/mol. The van der Waals surface area contributed by atoms with Crippen molar-refractivity contribution in [2.24, 2.45) is 0 Å². The van der Waals surface area contributed by atoms with Crippen molar-refractivity contribution in [2.45, 2.75) is 51.8 Å². The Morgan fingerprint density at radius 2 is 1.44 bits per heavy atom. The van der Waals surface area contributed by atoms with Gasteiger partial charge in [-0.05, 0) is 0 Å². The van der Waals surface area contributed by atoms with E-state index in [1.165, 1.54) is 44.8 Å². The zero-order valence-electron chi connectivity index (χ0n) is 6.95. The third-order valence-electron chi connectivity index (χ3n) is 1.71. The molecule has 0 aliphatic heterocycles. The number of rotatable bonds is 6. The van der Waals surface area contributed by atoms with Crippen LogP contribution in [0.4, 0.5) is 0 Å². The second-order valence-electron chi connectivity index (χ2n) is 2.77. The highest BCUT2D eigenvalue weighted by Gasteiger charge is 1.85. The smallest absolute Gasteiger partial charge is 0.0811 e. The van der Waals surface area contributed by atoms with Crippen LogP contribution in [0.15, 0.2) is 0 Å². The van der Waals surface area contributed by atoms with Gasteiger partial charge in [0.1, 0.15) is 7.85 Å². The fourth-order valence-electron chi connectivity index (χ4n) is 1.03. The lowest BCUT2D eigenvalue weighted by atomic mass is 9.98. The molecular weight excluding hydrogens is 107 g/mol. The molecule has 0 heterocycles. The molecule has 0 radical (unpaired) electrons. The Bertz CT molecular complexity index is 37.8. The molecule has 0 saturated heterocycles. The van der Waals surface area contributed by atoms with Crippen molar-refractivity contribution < 1.29 is 0 Å². The fourth-order valence-corrected chi connectivity index (χ4v) is 1.03. The highest BCUT2D eigenvalue weighted by Crippen LogP contribution is 2.05. The summed E-state index contributed by atoms with van der Waals surface area (Å²) in [6.07, 6.45) is 9.97. The molecule has 0 aliphatic carbocycles. The summed E-state index contributed by atoms with van der Waals surface area (Å²) in [6.45, 7) is 2.26. The van der Waals surface area contributed by atoms with Crippen LogP contribution < -0.4 is 0 Å². The van der Waals surface area contributed by atoms with Crippen LogP contribution in [-0.4, -0.2) is 7.85 Å². The maximum atomic E-state index is 2.26. The molecule has 1 heteroatoms. The van der Waals surface area contributed by atoms with Gasteiger partial charge in [-0.1, -0.05) is 51.8 Å². The minimum atomic E-state index is 1.37. The molecule has 0 N–H and O–H groups in total. The standard InChI is InChI=1S/C8H19B/c1-2-3-4-5-6-7-8-9/h2-9H2,1H3. The molecule has 0 spiro atoms. The lowest BCUT2D eigenvalue weighted by molar-refractivity contribution is 0.624. The summed E-state index contributed by atoms with van der Waals surface area (Å²) in [5.41, 5.74) is 0. The lowest BCUT2D eigenvalue weighted by Gasteiger charge is -1.96. The van der Waals surface area contributed by atoms with Crippen LogP contribution in [-0.2, 0) is 0 Å². The van der Waals surface area contributed by atoms with E-state index in [0.717, 1.165) is 0 Å². The molecular formula is C8H19B. The maximum Gasteiger partial charge on any atom is 0.101 e. The Labute approximate surface area is 60.4 Å². The largest absolute Gasteiger partial charge is 0.101 e. The van der Waals surface area contributed by atoms with E-state index >= 15 is 0 Å². The minimum absolute atomic E-state index is 1.37. The molecule has 0 atom stereocenters. The van der Waals surface area contributed by atoms with Gasteiger partial charge in [0, 0.05) is 0 Å². The van der Waals surface area contributed by atoms with Crippen molar-refractivity contribution in [1.82, 2.24) is 0 Å². The van der Waals surface area contributed by atoms with Crippen LogP contribution in [0.1, 0.15) is 45.4 Å². The van der Waals surface area contributed by atoms with E-state index in [0.29, 0.717) is 0 Å². The zero-order chi connectivity index (χ0) is 6.95. The normalized spacial score (nSPS) is 9.89. The van der Waals surface area contributed by atoms with Gasteiger partial charge in [-0.3, -0.25) is 0 Å². The topological polar surface area (TPSA) is 0 Å². The van der Waals surface area contributed by atoms with Crippen molar-refractivity contribution in [2.75, 3.05) is 0 Å². The predicted octanol–water partition coefficient (Wildman–Crippen LogP) is 2.40.